The number of aromatic nitrogens is 2. The number of hydrogen-bond donors (Lipinski definition) is 1. The minimum Gasteiger partial charge on any atom is -0.484 e. The maximum absolute atomic E-state index is 12.5. The second kappa shape index (κ2) is 9.87. The fourth-order valence-corrected chi connectivity index (χ4v) is 4.53. The number of benzene rings is 3. The first-order valence-electron chi connectivity index (χ1n) is 11.0. The van der Waals surface area contributed by atoms with E-state index in [0.29, 0.717) is 22.6 Å². The Balaban J connectivity index is 1.19. The van der Waals surface area contributed by atoms with Gasteiger partial charge in [-0.15, -0.1) is 0 Å². The molecular formula is C28H21N3O3S. The maximum atomic E-state index is 12.5. The Morgan fingerprint density at radius 1 is 0.914 bits per heavy atom. The van der Waals surface area contributed by atoms with E-state index in [-0.39, 0.29) is 18.3 Å². The Bertz CT molecular complexity index is 1480. The molecule has 5 aromatic rings. The number of hydrogen-bond acceptors (Lipinski definition) is 6. The lowest BCUT2D eigenvalue weighted by Crippen LogP contribution is -2.20. The zero-order chi connectivity index (χ0) is 24.2. The molecule has 7 heteroatoms. The van der Waals surface area contributed by atoms with Crippen molar-refractivity contribution in [3.05, 3.63) is 108 Å². The van der Waals surface area contributed by atoms with Crippen LogP contribution in [-0.4, -0.2) is 28.3 Å². The second-order valence-corrected chi connectivity index (χ2v) is 8.91. The van der Waals surface area contributed by atoms with Gasteiger partial charge in [0.1, 0.15) is 21.1 Å². The van der Waals surface area contributed by atoms with Crippen LogP contribution in [0.5, 0.6) is 5.75 Å². The topological polar surface area (TPSA) is 81.2 Å². The van der Waals surface area contributed by atoms with E-state index in [1.54, 1.807) is 42.6 Å². The minimum absolute atomic E-state index is 0.0593. The SMILES string of the molecule is Cc1cc(-c2nc3cccnc3s2)ccc1NC(=O)COc1ccc(C(=O)c2ccccc2)cc1. The Hall–Kier alpha value is -4.36. The Morgan fingerprint density at radius 2 is 1.69 bits per heavy atom. The lowest BCUT2D eigenvalue weighted by Gasteiger charge is -2.11. The molecule has 0 bridgehead atoms. The zero-order valence-corrected chi connectivity index (χ0v) is 19.7. The van der Waals surface area contributed by atoms with Crippen molar-refractivity contribution in [2.24, 2.45) is 0 Å². The molecule has 0 aliphatic carbocycles. The number of ketones is 1. The molecule has 5 rings (SSSR count). The van der Waals surface area contributed by atoms with Gasteiger partial charge in [0, 0.05) is 28.6 Å². The number of nitrogens with one attached hydrogen (secondary N) is 1. The van der Waals surface area contributed by atoms with Crippen molar-refractivity contribution in [3.63, 3.8) is 0 Å². The van der Waals surface area contributed by atoms with Gasteiger partial charge in [-0.1, -0.05) is 41.7 Å². The van der Waals surface area contributed by atoms with Crippen LogP contribution in [0.1, 0.15) is 21.5 Å². The molecule has 2 aromatic heterocycles. The molecule has 3 aromatic carbocycles. The number of rotatable bonds is 7. The number of thiazole rings is 1. The Kier molecular flexibility index (Phi) is 6.32. The van der Waals surface area contributed by atoms with Gasteiger partial charge < -0.3 is 10.1 Å². The summed E-state index contributed by atoms with van der Waals surface area (Å²) in [4.78, 5) is 34.9. The molecule has 0 spiro atoms. The summed E-state index contributed by atoms with van der Waals surface area (Å²) in [5.74, 6) is 0.187. The van der Waals surface area contributed by atoms with Crippen LogP contribution in [0.4, 0.5) is 5.69 Å². The van der Waals surface area contributed by atoms with Crippen molar-refractivity contribution in [1.82, 2.24) is 9.97 Å². The lowest BCUT2D eigenvalue weighted by atomic mass is 10.0. The molecule has 1 N–H and O–H groups in total. The highest BCUT2D eigenvalue weighted by Gasteiger charge is 2.12. The standard InChI is InChI=1S/C28H21N3O3S/c1-18-16-21(27-31-24-8-5-15-29-28(24)35-27)11-14-23(18)30-25(32)17-34-22-12-9-20(10-13-22)26(33)19-6-3-2-4-7-19/h2-16H,17H2,1H3,(H,30,32). The normalized spacial score (nSPS) is 10.8. The minimum atomic E-state index is -0.269. The predicted molar refractivity (Wildman–Crippen MR) is 138 cm³/mol. The summed E-state index contributed by atoms with van der Waals surface area (Å²) in [7, 11) is 0. The van der Waals surface area contributed by atoms with Crippen molar-refractivity contribution in [2.45, 2.75) is 6.92 Å². The van der Waals surface area contributed by atoms with Crippen molar-refractivity contribution >= 4 is 39.1 Å². The van der Waals surface area contributed by atoms with E-state index < -0.39 is 0 Å². The van der Waals surface area contributed by atoms with Gasteiger partial charge in [-0.25, -0.2) is 9.97 Å². The number of amides is 1. The van der Waals surface area contributed by atoms with Crippen molar-refractivity contribution in [3.8, 4) is 16.3 Å². The number of fused-ring (bicyclic) bond motifs is 1. The van der Waals surface area contributed by atoms with E-state index >= 15 is 0 Å². The quantitative estimate of drug-likeness (QED) is 0.293. The Morgan fingerprint density at radius 3 is 2.43 bits per heavy atom. The smallest absolute Gasteiger partial charge is 0.262 e. The molecule has 0 saturated carbocycles. The highest BCUT2D eigenvalue weighted by Crippen LogP contribution is 2.31. The molecule has 172 valence electrons. The van der Waals surface area contributed by atoms with Crippen molar-refractivity contribution in [2.75, 3.05) is 11.9 Å². The number of carbonyl (C=O) groups is 2. The molecule has 0 unspecified atom stereocenters. The summed E-state index contributed by atoms with van der Waals surface area (Å²) in [6.07, 6.45) is 1.76. The third-order valence-electron chi connectivity index (χ3n) is 5.44. The highest BCUT2D eigenvalue weighted by molar-refractivity contribution is 7.21. The van der Waals surface area contributed by atoms with Crippen LogP contribution in [0.15, 0.2) is 91.1 Å². The molecule has 0 aliphatic heterocycles. The maximum Gasteiger partial charge on any atom is 0.262 e. The van der Waals surface area contributed by atoms with E-state index in [9.17, 15) is 9.59 Å². The summed E-state index contributed by atoms with van der Waals surface area (Å²) in [5, 5.41) is 3.78. The molecule has 0 fully saturated rings. The van der Waals surface area contributed by atoms with E-state index in [4.69, 9.17) is 4.74 Å². The molecule has 0 aliphatic rings. The number of nitrogens with zero attached hydrogens (tertiary/aromatic N) is 2. The van der Waals surface area contributed by atoms with Gasteiger partial charge in [0.15, 0.2) is 12.4 Å². The van der Waals surface area contributed by atoms with Crippen molar-refractivity contribution < 1.29 is 14.3 Å². The number of aryl methyl sites for hydroxylation is 1. The van der Waals surface area contributed by atoms with Gasteiger partial charge in [0.05, 0.1) is 0 Å². The third-order valence-corrected chi connectivity index (χ3v) is 6.46. The summed E-state index contributed by atoms with van der Waals surface area (Å²) < 4.78 is 5.61. The van der Waals surface area contributed by atoms with Gasteiger partial charge >= 0.3 is 0 Å². The molecule has 1 amide bonds. The predicted octanol–water partition coefficient (Wildman–Crippen LogP) is 5.92. The highest BCUT2D eigenvalue weighted by atomic mass is 32.1. The van der Waals surface area contributed by atoms with Gasteiger partial charge in [0.25, 0.3) is 5.91 Å². The molecule has 35 heavy (non-hydrogen) atoms. The first-order valence-corrected chi connectivity index (χ1v) is 11.8. The van der Waals surface area contributed by atoms with E-state index in [2.05, 4.69) is 15.3 Å². The monoisotopic (exact) mass is 479 g/mol. The summed E-state index contributed by atoms with van der Waals surface area (Å²) in [6, 6.07) is 25.5. The number of anilines is 1. The van der Waals surface area contributed by atoms with E-state index in [1.807, 2.05) is 55.5 Å². The van der Waals surface area contributed by atoms with Gasteiger partial charge in [0.2, 0.25) is 0 Å². The molecule has 0 radical (unpaired) electrons. The largest absolute Gasteiger partial charge is 0.484 e. The first-order chi connectivity index (χ1) is 17.1. The van der Waals surface area contributed by atoms with Crippen LogP contribution in [0.25, 0.3) is 20.9 Å². The van der Waals surface area contributed by atoms with Crippen LogP contribution < -0.4 is 10.1 Å². The van der Waals surface area contributed by atoms with E-state index in [0.717, 1.165) is 26.5 Å². The van der Waals surface area contributed by atoms with Gasteiger partial charge in [-0.2, -0.15) is 0 Å². The lowest BCUT2D eigenvalue weighted by molar-refractivity contribution is -0.118. The fraction of sp³-hybridized carbons (Fsp3) is 0.0714. The summed E-state index contributed by atoms with van der Waals surface area (Å²) >= 11 is 1.54. The summed E-state index contributed by atoms with van der Waals surface area (Å²) in [5.41, 5.74) is 4.67. The average molecular weight is 480 g/mol. The Labute approximate surface area is 206 Å². The number of pyridine rings is 1. The average Bonchev–Trinajstić information content (AvgIpc) is 3.33. The first kappa shape index (κ1) is 22.4. The molecule has 6 nitrogen and oxygen atoms in total. The van der Waals surface area contributed by atoms with Crippen LogP contribution in [0.2, 0.25) is 0 Å². The van der Waals surface area contributed by atoms with E-state index in [1.165, 1.54) is 11.3 Å². The van der Waals surface area contributed by atoms with Gasteiger partial charge in [-0.3, -0.25) is 9.59 Å². The van der Waals surface area contributed by atoms with Crippen LogP contribution in [-0.2, 0) is 4.79 Å². The van der Waals surface area contributed by atoms with Crippen molar-refractivity contribution in [1.29, 1.82) is 0 Å². The number of ether oxygens (including phenoxy) is 1. The number of carbonyl (C=O) groups excluding carboxylic acids is 2. The fourth-order valence-electron chi connectivity index (χ4n) is 3.62. The summed E-state index contributed by atoms with van der Waals surface area (Å²) in [6.45, 7) is 1.80. The zero-order valence-electron chi connectivity index (χ0n) is 18.9. The van der Waals surface area contributed by atoms with Crippen LogP contribution in [0.3, 0.4) is 0 Å². The van der Waals surface area contributed by atoms with Crippen LogP contribution in [0, 0.1) is 6.92 Å². The molecule has 2 heterocycles. The van der Waals surface area contributed by atoms with Crippen LogP contribution >= 0.6 is 11.3 Å². The second-order valence-electron chi connectivity index (χ2n) is 7.93. The van der Waals surface area contributed by atoms with Gasteiger partial charge in [-0.05, 0) is 67.1 Å². The third kappa shape index (κ3) is 5.10. The molecule has 0 atom stereocenters. The molecular weight excluding hydrogens is 458 g/mol. The molecule has 0 saturated heterocycles.